The molecule has 1 saturated heterocycles. The van der Waals surface area contributed by atoms with Crippen molar-refractivity contribution < 1.29 is 22.7 Å². The third-order valence-electron chi connectivity index (χ3n) is 6.49. The Morgan fingerprint density at radius 3 is 2.71 bits per heavy atom. The van der Waals surface area contributed by atoms with Gasteiger partial charge in [0.1, 0.15) is 28.3 Å². The first kappa shape index (κ1) is 23.3. The average molecular weight is 514 g/mol. The molecule has 1 aromatic heterocycles. The van der Waals surface area contributed by atoms with Gasteiger partial charge in [0, 0.05) is 12.7 Å². The van der Waals surface area contributed by atoms with Crippen LogP contribution < -0.4 is 5.32 Å². The zero-order chi connectivity index (χ0) is 24.3. The van der Waals surface area contributed by atoms with E-state index in [1.807, 2.05) is 0 Å². The molecule has 0 radical (unpaired) electrons. The molecule has 1 N–H and O–H groups in total. The predicted molar refractivity (Wildman–Crippen MR) is 119 cm³/mol. The molecule has 0 aromatic carbocycles. The van der Waals surface area contributed by atoms with Crippen molar-refractivity contribution in [2.45, 2.75) is 56.3 Å². The first-order valence-electron chi connectivity index (χ1n) is 10.8. The lowest BCUT2D eigenvalue weighted by Gasteiger charge is -2.31. The Morgan fingerprint density at radius 2 is 2.03 bits per heavy atom. The van der Waals surface area contributed by atoms with Crippen molar-refractivity contribution in [2.24, 2.45) is 0 Å². The van der Waals surface area contributed by atoms with E-state index in [0.717, 1.165) is 30.8 Å². The summed E-state index contributed by atoms with van der Waals surface area (Å²) in [5.41, 5.74) is -1.11. The fraction of sp³-hybridized carbons (Fsp3) is 0.455. The topological polar surface area (TPSA) is 81.9 Å². The number of halogens is 5. The van der Waals surface area contributed by atoms with Crippen molar-refractivity contribution in [1.29, 1.82) is 0 Å². The quantitative estimate of drug-likeness (QED) is 0.483. The van der Waals surface area contributed by atoms with Gasteiger partial charge in [-0.2, -0.15) is 13.2 Å². The molecule has 180 valence electrons. The second-order valence-electron chi connectivity index (χ2n) is 8.76. The van der Waals surface area contributed by atoms with Gasteiger partial charge >= 0.3 is 6.18 Å². The Labute approximate surface area is 203 Å². The van der Waals surface area contributed by atoms with Crippen molar-refractivity contribution in [3.8, 4) is 11.4 Å². The Kier molecular flexibility index (Phi) is 5.73. The van der Waals surface area contributed by atoms with Crippen LogP contribution in [-0.4, -0.2) is 38.2 Å². The number of rotatable bonds is 3. The molecule has 1 fully saturated rings. The molecule has 2 unspecified atom stereocenters. The number of carbonyl (C=O) groups excluding carboxylic acids is 1. The summed E-state index contributed by atoms with van der Waals surface area (Å²) < 4.78 is 49.4. The molecule has 5 rings (SSSR count). The van der Waals surface area contributed by atoms with E-state index >= 15 is 0 Å². The molecule has 12 heteroatoms. The van der Waals surface area contributed by atoms with Crippen molar-refractivity contribution in [3.05, 3.63) is 46.2 Å². The smallest absolute Gasteiger partial charge is 0.372 e. The summed E-state index contributed by atoms with van der Waals surface area (Å²) in [7, 11) is 0. The van der Waals surface area contributed by atoms with Gasteiger partial charge in [0.05, 0.1) is 40.4 Å². The predicted octanol–water partition coefficient (Wildman–Crippen LogP) is 5.73. The number of anilines is 1. The standard InChI is InChI=1S/C22H20Cl2F3N5O2/c1-21(22(25,26)27)8-12(19-29-10-14-15(32(19)21)7-17(24)31-14)20(33)30-11-6-13(23)18(28-9-11)16-4-2-3-5-34-16/h6-7,9-10,12,16H,2-5,8H2,1H3,(H,30,33)/t12?,16?,21-/m1/s1. The van der Waals surface area contributed by atoms with Gasteiger partial charge in [-0.1, -0.05) is 23.2 Å². The molecule has 34 heavy (non-hydrogen) atoms. The van der Waals surface area contributed by atoms with Crippen molar-refractivity contribution in [3.63, 3.8) is 0 Å². The minimum atomic E-state index is -4.65. The molecular weight excluding hydrogens is 494 g/mol. The molecule has 0 aliphatic carbocycles. The van der Waals surface area contributed by atoms with Crippen molar-refractivity contribution in [1.82, 2.24) is 19.5 Å². The highest BCUT2D eigenvalue weighted by molar-refractivity contribution is 6.31. The van der Waals surface area contributed by atoms with Gasteiger partial charge < -0.3 is 14.6 Å². The number of pyridine rings is 1. The highest BCUT2D eigenvalue weighted by Gasteiger charge is 2.60. The lowest BCUT2D eigenvalue weighted by molar-refractivity contribution is -0.206. The van der Waals surface area contributed by atoms with Gasteiger partial charge in [-0.25, -0.2) is 9.97 Å². The molecule has 0 bridgehead atoms. The molecule has 4 aliphatic heterocycles. The summed E-state index contributed by atoms with van der Waals surface area (Å²) >= 11 is 12.3. The Bertz CT molecular complexity index is 1230. The van der Waals surface area contributed by atoms with Crippen LogP contribution in [0, 0.1) is 0 Å². The second-order valence-corrected chi connectivity index (χ2v) is 9.56. The molecule has 1 amide bonds. The van der Waals surface area contributed by atoms with E-state index in [0.29, 0.717) is 17.3 Å². The van der Waals surface area contributed by atoms with Crippen LogP contribution in [0.3, 0.4) is 0 Å². The van der Waals surface area contributed by atoms with Crippen LogP contribution in [0.1, 0.15) is 56.1 Å². The Hall–Kier alpha value is -2.43. The second kappa shape index (κ2) is 8.35. The van der Waals surface area contributed by atoms with E-state index in [9.17, 15) is 18.0 Å². The number of nitrogens with zero attached hydrogens (tertiary/aromatic N) is 4. The van der Waals surface area contributed by atoms with E-state index in [1.165, 1.54) is 24.5 Å². The monoisotopic (exact) mass is 513 g/mol. The Morgan fingerprint density at radius 1 is 1.24 bits per heavy atom. The van der Waals surface area contributed by atoms with Crippen LogP contribution in [0.25, 0.3) is 11.4 Å². The zero-order valence-electron chi connectivity index (χ0n) is 18.0. The van der Waals surface area contributed by atoms with E-state index in [1.54, 1.807) is 0 Å². The van der Waals surface area contributed by atoms with Crippen LogP contribution in [-0.2, 0) is 15.1 Å². The van der Waals surface area contributed by atoms with E-state index in [2.05, 4.69) is 20.3 Å². The van der Waals surface area contributed by atoms with E-state index < -0.39 is 30.0 Å². The molecule has 4 aliphatic rings. The first-order valence-corrected chi connectivity index (χ1v) is 11.5. The summed E-state index contributed by atoms with van der Waals surface area (Å²) in [6.07, 6.45) is 0.155. The summed E-state index contributed by atoms with van der Waals surface area (Å²) in [6.45, 7) is 1.67. The summed E-state index contributed by atoms with van der Waals surface area (Å²) in [5, 5.41) is 3.03. The van der Waals surface area contributed by atoms with Gasteiger partial charge in [0.15, 0.2) is 0 Å². The maximum absolute atomic E-state index is 14.2. The molecular formula is C22H20Cl2F3N5O2. The molecule has 0 saturated carbocycles. The molecule has 5 heterocycles. The highest BCUT2D eigenvalue weighted by atomic mass is 35.5. The zero-order valence-corrected chi connectivity index (χ0v) is 19.5. The third kappa shape index (κ3) is 3.81. The highest BCUT2D eigenvalue weighted by Crippen LogP contribution is 2.52. The lowest BCUT2D eigenvalue weighted by Crippen LogP contribution is -2.43. The van der Waals surface area contributed by atoms with Crippen LogP contribution in [0.4, 0.5) is 18.9 Å². The number of hydrogen-bond donors (Lipinski definition) is 1. The number of aromatic nitrogens is 4. The van der Waals surface area contributed by atoms with E-state index in [-0.39, 0.29) is 34.2 Å². The summed E-state index contributed by atoms with van der Waals surface area (Å²) in [4.78, 5) is 25.7. The van der Waals surface area contributed by atoms with Gasteiger partial charge in [-0.3, -0.25) is 9.78 Å². The number of alkyl halides is 3. The average Bonchev–Trinajstić information content (AvgIpc) is 3.31. The van der Waals surface area contributed by atoms with Crippen LogP contribution in [0.15, 0.2) is 24.5 Å². The maximum atomic E-state index is 14.2. The van der Waals surface area contributed by atoms with Gasteiger partial charge in [0.2, 0.25) is 5.91 Å². The van der Waals surface area contributed by atoms with Crippen molar-refractivity contribution in [2.75, 3.05) is 11.9 Å². The number of amides is 1. The van der Waals surface area contributed by atoms with Crippen LogP contribution in [0.5, 0.6) is 0 Å². The Balaban J connectivity index is 1.46. The maximum Gasteiger partial charge on any atom is 0.411 e. The largest absolute Gasteiger partial charge is 0.411 e. The summed E-state index contributed by atoms with van der Waals surface area (Å²) in [6, 6.07) is 2.88. The van der Waals surface area contributed by atoms with Crippen molar-refractivity contribution >= 4 is 34.8 Å². The normalized spacial score (nSPS) is 24.9. The number of fused-ring (bicyclic) bond motifs is 3. The van der Waals surface area contributed by atoms with Gasteiger partial charge in [-0.15, -0.1) is 0 Å². The summed E-state index contributed by atoms with van der Waals surface area (Å²) in [5.74, 6) is -1.82. The fourth-order valence-corrected chi connectivity index (χ4v) is 5.19. The molecule has 3 atom stereocenters. The van der Waals surface area contributed by atoms with E-state index in [4.69, 9.17) is 27.9 Å². The lowest BCUT2D eigenvalue weighted by atomic mass is 9.92. The van der Waals surface area contributed by atoms with Gasteiger partial charge in [0.25, 0.3) is 0 Å². The van der Waals surface area contributed by atoms with Crippen LogP contribution in [0.2, 0.25) is 10.2 Å². The molecule has 1 aromatic rings. The van der Waals surface area contributed by atoms with Crippen LogP contribution >= 0.6 is 23.2 Å². The molecule has 0 spiro atoms. The minimum Gasteiger partial charge on any atom is -0.372 e. The minimum absolute atomic E-state index is 0.0137. The number of hydrogen-bond acceptors (Lipinski definition) is 5. The number of nitrogens with one attached hydrogen (secondary N) is 1. The first-order chi connectivity index (χ1) is 16.1. The SMILES string of the molecule is C[C@]1(C(F)(F)F)CC(C(=O)Nc2cnc(C3CCCCO3)c(Cl)c2)c2ncc3nc(Cl)cc-3n21. The number of ether oxygens (including phenoxy) is 1. The number of carbonyl (C=O) groups is 1. The fourth-order valence-electron chi connectivity index (χ4n) is 4.71. The molecule has 7 nitrogen and oxygen atoms in total. The van der Waals surface area contributed by atoms with Gasteiger partial charge in [-0.05, 0) is 38.7 Å². The third-order valence-corrected chi connectivity index (χ3v) is 6.99.